The van der Waals surface area contributed by atoms with Gasteiger partial charge < -0.3 is 0 Å². The van der Waals surface area contributed by atoms with Crippen LogP contribution in [0, 0.1) is 0 Å². The molecule has 0 bridgehead atoms. The summed E-state index contributed by atoms with van der Waals surface area (Å²) in [7, 11) is 0. The fraction of sp³-hybridized carbons (Fsp3) is 0.294. The number of hydrogen-bond donors (Lipinski definition) is 0. The molecule has 0 unspecified atom stereocenters. The number of halogens is 1. The summed E-state index contributed by atoms with van der Waals surface area (Å²) in [6, 6.07) is 7.77. The summed E-state index contributed by atoms with van der Waals surface area (Å²) in [5.74, 6) is 0.460. The van der Waals surface area contributed by atoms with Crippen LogP contribution in [-0.4, -0.2) is 15.6 Å². The van der Waals surface area contributed by atoms with E-state index < -0.39 is 0 Å². The van der Waals surface area contributed by atoms with Crippen LogP contribution in [0.1, 0.15) is 48.3 Å². The van der Waals surface area contributed by atoms with E-state index in [1.807, 2.05) is 42.1 Å². The molecular weight excluding hydrogens is 328 g/mol. The Morgan fingerprint density at radius 1 is 1.33 bits per heavy atom. The molecular formula is C17H19BrN2O. The molecule has 1 heterocycles. The van der Waals surface area contributed by atoms with Gasteiger partial charge >= 0.3 is 0 Å². The maximum atomic E-state index is 12.2. The molecule has 0 radical (unpaired) electrons. The van der Waals surface area contributed by atoms with Gasteiger partial charge in [0, 0.05) is 18.3 Å². The highest BCUT2D eigenvalue weighted by atomic mass is 79.9. The zero-order valence-electron chi connectivity index (χ0n) is 12.5. The summed E-state index contributed by atoms with van der Waals surface area (Å²) in [6.07, 6.45) is 5.22. The Balaban J connectivity index is 2.13. The monoisotopic (exact) mass is 346 g/mol. The molecule has 2 aromatic rings. The zero-order chi connectivity index (χ0) is 15.4. The van der Waals surface area contributed by atoms with E-state index in [1.54, 1.807) is 12.2 Å². The van der Waals surface area contributed by atoms with Gasteiger partial charge in [-0.1, -0.05) is 38.1 Å². The molecule has 0 aliphatic carbocycles. The lowest BCUT2D eigenvalue weighted by molar-refractivity contribution is 0.104. The van der Waals surface area contributed by atoms with Gasteiger partial charge in [-0.25, -0.2) is 0 Å². The van der Waals surface area contributed by atoms with Gasteiger partial charge in [0.2, 0.25) is 0 Å². The number of hydrogen-bond acceptors (Lipinski definition) is 2. The third kappa shape index (κ3) is 3.91. The Morgan fingerprint density at radius 2 is 2.00 bits per heavy atom. The molecule has 0 saturated carbocycles. The van der Waals surface area contributed by atoms with E-state index in [1.165, 1.54) is 5.56 Å². The Hall–Kier alpha value is -1.68. The average molecular weight is 347 g/mol. The maximum Gasteiger partial charge on any atom is 0.185 e. The first-order valence-corrected chi connectivity index (χ1v) is 7.86. The molecule has 0 atom stereocenters. The lowest BCUT2D eigenvalue weighted by Crippen LogP contribution is -1.96. The second-order valence-corrected chi connectivity index (χ2v) is 6.05. The van der Waals surface area contributed by atoms with Gasteiger partial charge in [0.1, 0.15) is 0 Å². The fourth-order valence-electron chi connectivity index (χ4n) is 1.97. The van der Waals surface area contributed by atoms with Crippen LogP contribution in [0.15, 0.2) is 41.0 Å². The number of rotatable bonds is 5. The number of carbonyl (C=O) groups excluding carboxylic acids is 1. The summed E-state index contributed by atoms with van der Waals surface area (Å²) < 4.78 is 2.72. The van der Waals surface area contributed by atoms with Gasteiger partial charge in [-0.3, -0.25) is 9.48 Å². The van der Waals surface area contributed by atoms with Crippen molar-refractivity contribution >= 4 is 27.8 Å². The van der Waals surface area contributed by atoms with Gasteiger partial charge in [0.05, 0.1) is 10.2 Å². The molecule has 0 N–H and O–H groups in total. The topological polar surface area (TPSA) is 34.9 Å². The maximum absolute atomic E-state index is 12.2. The molecule has 1 aromatic heterocycles. The lowest BCUT2D eigenvalue weighted by Gasteiger charge is -2.04. The van der Waals surface area contributed by atoms with Crippen molar-refractivity contribution in [1.82, 2.24) is 9.78 Å². The van der Waals surface area contributed by atoms with Crippen molar-refractivity contribution in [3.05, 3.63) is 57.8 Å². The largest absolute Gasteiger partial charge is 0.289 e. The fourth-order valence-corrected chi connectivity index (χ4v) is 2.42. The molecule has 1 aromatic carbocycles. The first kappa shape index (κ1) is 15.7. The molecule has 0 aliphatic rings. The van der Waals surface area contributed by atoms with E-state index >= 15 is 0 Å². The highest BCUT2D eigenvalue weighted by Gasteiger charge is 2.06. The van der Waals surface area contributed by atoms with Crippen molar-refractivity contribution in [2.24, 2.45) is 0 Å². The average Bonchev–Trinajstić information content (AvgIpc) is 2.85. The molecule has 0 amide bonds. The third-order valence-corrected chi connectivity index (χ3v) is 3.93. The van der Waals surface area contributed by atoms with Crippen LogP contribution in [-0.2, 0) is 6.54 Å². The first-order valence-electron chi connectivity index (χ1n) is 7.06. The Morgan fingerprint density at radius 3 is 2.52 bits per heavy atom. The van der Waals surface area contributed by atoms with E-state index in [0.29, 0.717) is 11.5 Å². The van der Waals surface area contributed by atoms with E-state index in [-0.39, 0.29) is 5.78 Å². The number of aromatic nitrogens is 2. The van der Waals surface area contributed by atoms with Gasteiger partial charge in [0.25, 0.3) is 0 Å². The summed E-state index contributed by atoms with van der Waals surface area (Å²) in [4.78, 5) is 12.2. The normalized spacial score (nSPS) is 11.5. The molecule has 0 saturated heterocycles. The summed E-state index contributed by atoms with van der Waals surface area (Å²) >= 11 is 3.44. The molecule has 21 heavy (non-hydrogen) atoms. The molecule has 3 nitrogen and oxygen atoms in total. The van der Waals surface area contributed by atoms with Crippen molar-refractivity contribution < 1.29 is 4.79 Å². The van der Waals surface area contributed by atoms with Gasteiger partial charge in [0.15, 0.2) is 5.78 Å². The quantitative estimate of drug-likeness (QED) is 0.581. The van der Waals surface area contributed by atoms with Crippen LogP contribution in [0.25, 0.3) is 6.08 Å². The van der Waals surface area contributed by atoms with Crippen LogP contribution in [0.3, 0.4) is 0 Å². The minimum atomic E-state index is -0.0109. The van der Waals surface area contributed by atoms with E-state index in [4.69, 9.17) is 0 Å². The van der Waals surface area contributed by atoms with Crippen molar-refractivity contribution in [3.63, 3.8) is 0 Å². The molecule has 0 aliphatic heterocycles. The molecule has 0 fully saturated rings. The minimum absolute atomic E-state index is 0.0109. The Kier molecular flexibility index (Phi) is 5.12. The molecule has 0 spiro atoms. The number of carbonyl (C=O) groups is 1. The smallest absolute Gasteiger partial charge is 0.185 e. The van der Waals surface area contributed by atoms with Gasteiger partial charge in [-0.05, 0) is 46.5 Å². The van der Waals surface area contributed by atoms with Crippen LogP contribution >= 0.6 is 15.9 Å². The standard InChI is InChI=1S/C17H19BrN2O/c1-4-20-11-15(18)16(19-20)9-10-17(21)14-7-5-13(6-8-14)12(2)3/h5-12H,4H2,1-3H3/b10-9+. The lowest BCUT2D eigenvalue weighted by atomic mass is 10.0. The van der Waals surface area contributed by atoms with Crippen LogP contribution < -0.4 is 0 Å². The first-order chi connectivity index (χ1) is 10.0. The summed E-state index contributed by atoms with van der Waals surface area (Å²) in [6.45, 7) is 7.10. The van der Waals surface area contributed by atoms with Crippen LogP contribution in [0.2, 0.25) is 0 Å². The zero-order valence-corrected chi connectivity index (χ0v) is 14.1. The van der Waals surface area contributed by atoms with Crippen LogP contribution in [0.4, 0.5) is 0 Å². The molecule has 2 rings (SSSR count). The second-order valence-electron chi connectivity index (χ2n) is 5.19. The Bertz CT molecular complexity index is 654. The van der Waals surface area contributed by atoms with Crippen LogP contribution in [0.5, 0.6) is 0 Å². The number of ketones is 1. The third-order valence-electron chi connectivity index (χ3n) is 3.32. The molecule has 4 heteroatoms. The summed E-state index contributed by atoms with van der Waals surface area (Å²) in [5.41, 5.74) is 2.70. The van der Waals surface area contributed by atoms with Gasteiger partial charge in [-0.2, -0.15) is 5.10 Å². The number of nitrogens with zero attached hydrogens (tertiary/aromatic N) is 2. The Labute approximate surface area is 133 Å². The highest BCUT2D eigenvalue weighted by molar-refractivity contribution is 9.10. The van der Waals surface area contributed by atoms with Crippen molar-refractivity contribution in [3.8, 4) is 0 Å². The second kappa shape index (κ2) is 6.85. The predicted octanol–water partition coefficient (Wildman–Crippen LogP) is 4.69. The SMILES string of the molecule is CCn1cc(Br)c(/C=C/C(=O)c2ccc(C(C)C)cc2)n1. The minimum Gasteiger partial charge on any atom is -0.289 e. The van der Waals surface area contributed by atoms with E-state index in [2.05, 4.69) is 34.9 Å². The van der Waals surface area contributed by atoms with Crippen molar-refractivity contribution in [1.29, 1.82) is 0 Å². The number of benzene rings is 1. The molecule has 110 valence electrons. The summed E-state index contributed by atoms with van der Waals surface area (Å²) in [5, 5.41) is 4.36. The van der Waals surface area contributed by atoms with E-state index in [0.717, 1.165) is 16.7 Å². The predicted molar refractivity (Wildman–Crippen MR) is 89.5 cm³/mol. The highest BCUT2D eigenvalue weighted by Crippen LogP contribution is 2.18. The number of allylic oxidation sites excluding steroid dienone is 1. The van der Waals surface area contributed by atoms with Gasteiger partial charge in [-0.15, -0.1) is 0 Å². The van der Waals surface area contributed by atoms with Crippen molar-refractivity contribution in [2.45, 2.75) is 33.2 Å². The van der Waals surface area contributed by atoms with Crippen molar-refractivity contribution in [2.75, 3.05) is 0 Å². The van der Waals surface area contributed by atoms with E-state index in [9.17, 15) is 4.79 Å². The number of aryl methyl sites for hydroxylation is 1.